The number of carbonyl (C=O) groups is 1. The molecular formula is C15H21BrN2O2. The van der Waals surface area contributed by atoms with E-state index in [1.54, 1.807) is 11.9 Å². The minimum Gasteiger partial charge on any atom is -0.479 e. The Hall–Kier alpha value is -1.07. The highest BCUT2D eigenvalue weighted by atomic mass is 79.9. The smallest absolute Gasteiger partial charge is 0.263 e. The molecule has 1 aliphatic rings. The zero-order valence-electron chi connectivity index (χ0n) is 11.9. The summed E-state index contributed by atoms with van der Waals surface area (Å²) in [6, 6.07) is 6.12. The molecule has 1 fully saturated rings. The zero-order chi connectivity index (χ0) is 14.7. The molecular weight excluding hydrogens is 320 g/mol. The average Bonchev–Trinajstić information content (AvgIpc) is 2.73. The van der Waals surface area contributed by atoms with Crippen LogP contribution in [-0.2, 0) is 11.2 Å². The van der Waals surface area contributed by atoms with E-state index in [0.29, 0.717) is 5.75 Å². The number of nitrogens with two attached hydrogens (primary N) is 1. The monoisotopic (exact) mass is 340 g/mol. The van der Waals surface area contributed by atoms with Gasteiger partial charge in [0.05, 0.1) is 4.47 Å². The van der Waals surface area contributed by atoms with Crippen LogP contribution in [0.2, 0.25) is 0 Å². The fraction of sp³-hybridized carbons (Fsp3) is 0.533. The van der Waals surface area contributed by atoms with Crippen LogP contribution >= 0.6 is 15.9 Å². The van der Waals surface area contributed by atoms with Gasteiger partial charge in [-0.2, -0.15) is 0 Å². The number of nitrogens with zero attached hydrogens (tertiary/aromatic N) is 1. The van der Waals surface area contributed by atoms with Gasteiger partial charge in [0.25, 0.3) is 5.91 Å². The van der Waals surface area contributed by atoms with Crippen LogP contribution in [0.4, 0.5) is 0 Å². The molecule has 2 N–H and O–H groups in total. The van der Waals surface area contributed by atoms with Crippen LogP contribution < -0.4 is 10.5 Å². The Bertz CT molecular complexity index is 493. The molecule has 1 aromatic carbocycles. The third-order valence-electron chi connectivity index (χ3n) is 3.67. The van der Waals surface area contributed by atoms with Crippen molar-refractivity contribution in [2.75, 3.05) is 13.6 Å². The predicted octanol–water partition coefficient (Wildman–Crippen LogP) is 2.34. The van der Waals surface area contributed by atoms with Crippen molar-refractivity contribution in [2.24, 2.45) is 5.73 Å². The topological polar surface area (TPSA) is 55.6 Å². The lowest BCUT2D eigenvalue weighted by Crippen LogP contribution is -2.29. The number of hydrogen-bond acceptors (Lipinski definition) is 3. The van der Waals surface area contributed by atoms with Gasteiger partial charge in [0.15, 0.2) is 6.10 Å². The van der Waals surface area contributed by atoms with E-state index >= 15 is 0 Å². The predicted molar refractivity (Wildman–Crippen MR) is 82.8 cm³/mol. The van der Waals surface area contributed by atoms with Crippen LogP contribution in [0, 0.1) is 0 Å². The highest BCUT2D eigenvalue weighted by Crippen LogP contribution is 2.29. The summed E-state index contributed by atoms with van der Waals surface area (Å²) in [6.07, 6.45) is 2.18. The van der Waals surface area contributed by atoms with Gasteiger partial charge in [-0.3, -0.25) is 4.79 Å². The van der Waals surface area contributed by atoms with E-state index in [2.05, 4.69) is 22.9 Å². The van der Waals surface area contributed by atoms with Crippen molar-refractivity contribution >= 4 is 21.8 Å². The second-order valence-electron chi connectivity index (χ2n) is 5.29. The molecule has 4 nitrogen and oxygen atoms in total. The lowest BCUT2D eigenvalue weighted by atomic mass is 10.0. The Kier molecular flexibility index (Phi) is 5.05. The number of ether oxygens (including phenoxy) is 1. The van der Waals surface area contributed by atoms with E-state index in [4.69, 9.17) is 10.5 Å². The first-order chi connectivity index (χ1) is 9.51. The van der Waals surface area contributed by atoms with Crippen molar-refractivity contribution in [1.29, 1.82) is 0 Å². The first-order valence-corrected chi connectivity index (χ1v) is 7.76. The fourth-order valence-corrected chi connectivity index (χ4v) is 2.79. The normalized spacial score (nSPS) is 20.3. The van der Waals surface area contributed by atoms with Crippen molar-refractivity contribution < 1.29 is 9.53 Å². The largest absolute Gasteiger partial charge is 0.479 e. The molecule has 2 unspecified atom stereocenters. The van der Waals surface area contributed by atoms with E-state index in [1.807, 2.05) is 18.2 Å². The molecule has 0 aliphatic carbocycles. The molecule has 1 aliphatic heterocycles. The molecule has 0 aromatic heterocycles. The molecule has 5 heteroatoms. The second-order valence-corrected chi connectivity index (χ2v) is 6.15. The van der Waals surface area contributed by atoms with Crippen molar-refractivity contribution in [3.05, 3.63) is 28.2 Å². The molecule has 0 bridgehead atoms. The number of likely N-dealkylation sites (tertiary alicyclic amines) is 1. The lowest BCUT2D eigenvalue weighted by molar-refractivity contribution is -0.132. The van der Waals surface area contributed by atoms with Gasteiger partial charge in [0, 0.05) is 26.1 Å². The number of likely N-dealkylation sites (N-methyl/N-ethyl adjacent to an activating group) is 1. The minimum atomic E-state index is -0.361. The zero-order valence-corrected chi connectivity index (χ0v) is 13.5. The first kappa shape index (κ1) is 15.3. The number of amides is 1. The molecule has 0 spiro atoms. The van der Waals surface area contributed by atoms with Gasteiger partial charge >= 0.3 is 0 Å². The number of halogens is 1. The Balaban J connectivity index is 2.04. The quantitative estimate of drug-likeness (QED) is 0.894. The second kappa shape index (κ2) is 6.59. The number of hydrogen-bond donors (Lipinski definition) is 1. The number of benzene rings is 1. The molecule has 2 atom stereocenters. The Morgan fingerprint density at radius 1 is 1.55 bits per heavy atom. The van der Waals surface area contributed by atoms with E-state index in [1.165, 1.54) is 5.56 Å². The van der Waals surface area contributed by atoms with Crippen LogP contribution in [-0.4, -0.2) is 36.5 Å². The summed E-state index contributed by atoms with van der Waals surface area (Å²) < 4.78 is 6.68. The molecule has 2 rings (SSSR count). The van der Waals surface area contributed by atoms with Gasteiger partial charge in [-0.05, 0) is 46.5 Å². The van der Waals surface area contributed by atoms with Crippen molar-refractivity contribution in [1.82, 2.24) is 4.90 Å². The maximum absolute atomic E-state index is 11.8. The van der Waals surface area contributed by atoms with E-state index in [-0.39, 0.29) is 18.1 Å². The van der Waals surface area contributed by atoms with Gasteiger partial charge in [0.1, 0.15) is 5.75 Å². The van der Waals surface area contributed by atoms with Crippen LogP contribution in [0.3, 0.4) is 0 Å². The average molecular weight is 341 g/mol. The van der Waals surface area contributed by atoms with E-state index in [9.17, 15) is 4.79 Å². The van der Waals surface area contributed by atoms with Crippen LogP contribution in [0.25, 0.3) is 0 Å². The van der Waals surface area contributed by atoms with Gasteiger partial charge in [-0.15, -0.1) is 0 Å². The maximum Gasteiger partial charge on any atom is 0.263 e. The summed E-state index contributed by atoms with van der Waals surface area (Å²) in [5.74, 6) is 0.765. The number of rotatable bonds is 5. The maximum atomic E-state index is 11.8. The molecule has 1 saturated heterocycles. The minimum absolute atomic E-state index is 0.0500. The summed E-state index contributed by atoms with van der Waals surface area (Å²) in [6.45, 7) is 2.84. The highest BCUT2D eigenvalue weighted by molar-refractivity contribution is 9.10. The van der Waals surface area contributed by atoms with E-state index in [0.717, 1.165) is 30.3 Å². The van der Waals surface area contributed by atoms with Crippen molar-refractivity contribution in [2.45, 2.75) is 38.3 Å². The SMILES string of the molecule is CCC(N)Cc1ccc(OC2CCN(C)C2=O)c(Br)c1. The molecule has 0 radical (unpaired) electrons. The summed E-state index contributed by atoms with van der Waals surface area (Å²) in [7, 11) is 1.80. The van der Waals surface area contributed by atoms with Crippen LogP contribution in [0.1, 0.15) is 25.3 Å². The molecule has 1 aromatic rings. The van der Waals surface area contributed by atoms with Crippen molar-refractivity contribution in [3.63, 3.8) is 0 Å². The first-order valence-electron chi connectivity index (χ1n) is 6.97. The van der Waals surface area contributed by atoms with Gasteiger partial charge in [-0.25, -0.2) is 0 Å². The summed E-state index contributed by atoms with van der Waals surface area (Å²) >= 11 is 3.51. The molecule has 20 heavy (non-hydrogen) atoms. The molecule has 110 valence electrons. The molecule has 0 saturated carbocycles. The Labute approximate surface area is 128 Å². The summed E-state index contributed by atoms with van der Waals surface area (Å²) in [5, 5.41) is 0. The van der Waals surface area contributed by atoms with E-state index < -0.39 is 0 Å². The third kappa shape index (κ3) is 3.52. The van der Waals surface area contributed by atoms with Gasteiger partial charge in [0.2, 0.25) is 0 Å². The standard InChI is InChI=1S/C15H21BrN2O2/c1-3-11(17)8-10-4-5-13(12(16)9-10)20-14-6-7-18(2)15(14)19/h4-5,9,11,14H,3,6-8,17H2,1-2H3. The molecule has 1 heterocycles. The summed E-state index contributed by atoms with van der Waals surface area (Å²) in [5.41, 5.74) is 7.14. The van der Waals surface area contributed by atoms with Gasteiger partial charge in [-0.1, -0.05) is 13.0 Å². The molecule has 1 amide bonds. The lowest BCUT2D eigenvalue weighted by Gasteiger charge is -2.15. The Morgan fingerprint density at radius 3 is 2.85 bits per heavy atom. The van der Waals surface area contributed by atoms with Crippen LogP contribution in [0.5, 0.6) is 5.75 Å². The third-order valence-corrected chi connectivity index (χ3v) is 4.29. The van der Waals surface area contributed by atoms with Gasteiger partial charge < -0.3 is 15.4 Å². The fourth-order valence-electron chi connectivity index (χ4n) is 2.27. The number of carbonyl (C=O) groups excluding carboxylic acids is 1. The van der Waals surface area contributed by atoms with Crippen LogP contribution in [0.15, 0.2) is 22.7 Å². The highest BCUT2D eigenvalue weighted by Gasteiger charge is 2.31. The Morgan fingerprint density at radius 2 is 2.30 bits per heavy atom. The van der Waals surface area contributed by atoms with Crippen molar-refractivity contribution in [3.8, 4) is 5.75 Å². The summed E-state index contributed by atoms with van der Waals surface area (Å²) in [4.78, 5) is 13.5.